The van der Waals surface area contributed by atoms with E-state index in [1.807, 2.05) is 0 Å². The second kappa shape index (κ2) is 7.09. The van der Waals surface area contributed by atoms with E-state index in [0.29, 0.717) is 12.3 Å². The Bertz CT molecular complexity index is 472. The molecular weight excluding hydrogens is 272 g/mol. The normalized spacial score (nSPS) is 17.6. The van der Waals surface area contributed by atoms with Gasteiger partial charge in [0.05, 0.1) is 6.42 Å². The Balaban J connectivity index is 0.00000147. The first-order valence-corrected chi connectivity index (χ1v) is 7.39. The summed E-state index contributed by atoms with van der Waals surface area (Å²) in [6.07, 6.45) is 5.50. The van der Waals surface area contributed by atoms with Gasteiger partial charge in [0, 0.05) is 25.6 Å². The molecule has 110 valence electrons. The number of nitrogens with one attached hydrogen (secondary N) is 2. The van der Waals surface area contributed by atoms with Crippen LogP contribution in [0.5, 0.6) is 0 Å². The van der Waals surface area contributed by atoms with E-state index >= 15 is 0 Å². The zero-order chi connectivity index (χ0) is 13.1. The molecule has 0 unspecified atom stereocenters. The first kappa shape index (κ1) is 15.3. The molecule has 1 heterocycles. The minimum atomic E-state index is 0. The highest BCUT2D eigenvalue weighted by molar-refractivity contribution is 5.85. The summed E-state index contributed by atoms with van der Waals surface area (Å²) in [4.78, 5) is 11.9. The number of hydrogen-bond donors (Lipinski definition) is 2. The molecule has 0 spiro atoms. The zero-order valence-corrected chi connectivity index (χ0v) is 12.6. The van der Waals surface area contributed by atoms with Gasteiger partial charge in [-0.15, -0.1) is 12.4 Å². The molecule has 3 nitrogen and oxygen atoms in total. The van der Waals surface area contributed by atoms with Crippen LogP contribution in [-0.2, 0) is 24.1 Å². The van der Waals surface area contributed by atoms with Crippen LogP contribution in [0.25, 0.3) is 0 Å². The molecule has 0 aromatic heterocycles. The molecule has 1 aliphatic carbocycles. The van der Waals surface area contributed by atoms with E-state index in [-0.39, 0.29) is 18.3 Å². The van der Waals surface area contributed by atoms with Gasteiger partial charge >= 0.3 is 0 Å². The molecular formula is C16H23ClN2O. The highest BCUT2D eigenvalue weighted by Crippen LogP contribution is 2.22. The molecule has 3 rings (SSSR count). The number of fused-ring (bicyclic) bond motifs is 1. The first-order chi connectivity index (χ1) is 9.31. The maximum Gasteiger partial charge on any atom is 0.224 e. The molecule has 1 amide bonds. The van der Waals surface area contributed by atoms with Crippen molar-refractivity contribution in [3.05, 3.63) is 34.9 Å². The molecule has 0 bridgehead atoms. The first-order valence-electron chi connectivity index (χ1n) is 7.39. The van der Waals surface area contributed by atoms with E-state index in [9.17, 15) is 4.79 Å². The van der Waals surface area contributed by atoms with E-state index in [4.69, 9.17) is 0 Å². The van der Waals surface area contributed by atoms with Crippen molar-refractivity contribution in [3.8, 4) is 0 Å². The van der Waals surface area contributed by atoms with E-state index in [2.05, 4.69) is 28.8 Å². The van der Waals surface area contributed by atoms with Gasteiger partial charge < -0.3 is 10.6 Å². The summed E-state index contributed by atoms with van der Waals surface area (Å²) in [7, 11) is 0. The monoisotopic (exact) mass is 294 g/mol. The van der Waals surface area contributed by atoms with Crippen molar-refractivity contribution < 1.29 is 4.79 Å². The maximum atomic E-state index is 11.9. The van der Waals surface area contributed by atoms with Gasteiger partial charge in [0.15, 0.2) is 0 Å². The van der Waals surface area contributed by atoms with Crippen molar-refractivity contribution >= 4 is 18.3 Å². The van der Waals surface area contributed by atoms with Gasteiger partial charge in [-0.3, -0.25) is 4.79 Å². The van der Waals surface area contributed by atoms with Crippen molar-refractivity contribution in [1.82, 2.24) is 10.6 Å². The molecule has 1 fully saturated rings. The molecule has 0 radical (unpaired) electrons. The zero-order valence-electron chi connectivity index (χ0n) is 11.8. The topological polar surface area (TPSA) is 41.1 Å². The fourth-order valence-corrected chi connectivity index (χ4v) is 2.90. The number of aryl methyl sites for hydroxylation is 2. The van der Waals surface area contributed by atoms with E-state index < -0.39 is 0 Å². The molecule has 0 saturated carbocycles. The number of rotatable bonds is 4. The molecule has 1 aromatic rings. The van der Waals surface area contributed by atoms with Crippen molar-refractivity contribution in [2.24, 2.45) is 5.92 Å². The number of hydrogen-bond acceptors (Lipinski definition) is 2. The van der Waals surface area contributed by atoms with Gasteiger partial charge in [0.25, 0.3) is 0 Å². The van der Waals surface area contributed by atoms with E-state index in [1.54, 1.807) is 0 Å². The number of halogens is 1. The predicted octanol–water partition coefficient (Wildman–Crippen LogP) is 1.87. The van der Waals surface area contributed by atoms with Crippen LogP contribution in [0.15, 0.2) is 18.2 Å². The Hall–Kier alpha value is -1.06. The standard InChI is InChI=1S/C16H22N2O.ClH/c19-16(18-11-13-9-17-10-13)8-12-5-6-14-3-1-2-4-15(14)7-12;/h5-7,13,17H,1-4,8-11H2,(H,18,19);1H. The minimum absolute atomic E-state index is 0. The van der Waals surface area contributed by atoms with Gasteiger partial charge in [-0.1, -0.05) is 18.2 Å². The van der Waals surface area contributed by atoms with Crippen LogP contribution in [0.1, 0.15) is 29.5 Å². The third kappa shape index (κ3) is 3.74. The molecule has 2 aliphatic rings. The second-order valence-corrected chi connectivity index (χ2v) is 5.82. The van der Waals surface area contributed by atoms with Crippen LogP contribution in [0.2, 0.25) is 0 Å². The molecule has 2 N–H and O–H groups in total. The smallest absolute Gasteiger partial charge is 0.224 e. The molecule has 1 saturated heterocycles. The second-order valence-electron chi connectivity index (χ2n) is 5.82. The number of benzene rings is 1. The van der Waals surface area contributed by atoms with E-state index in [0.717, 1.165) is 25.2 Å². The highest BCUT2D eigenvalue weighted by Gasteiger charge is 2.17. The van der Waals surface area contributed by atoms with Crippen LogP contribution >= 0.6 is 12.4 Å². The van der Waals surface area contributed by atoms with E-state index in [1.165, 1.54) is 36.8 Å². The third-order valence-corrected chi connectivity index (χ3v) is 4.23. The van der Waals surface area contributed by atoms with Crippen LogP contribution in [0.3, 0.4) is 0 Å². The summed E-state index contributed by atoms with van der Waals surface area (Å²) in [5, 5.41) is 6.25. The van der Waals surface area contributed by atoms with Crippen LogP contribution in [0, 0.1) is 5.92 Å². The average molecular weight is 295 g/mol. The number of amides is 1. The van der Waals surface area contributed by atoms with Gasteiger partial charge in [-0.05, 0) is 42.4 Å². The molecule has 1 aliphatic heterocycles. The summed E-state index contributed by atoms with van der Waals surface area (Å²) in [6, 6.07) is 6.57. The quantitative estimate of drug-likeness (QED) is 0.890. The maximum absolute atomic E-state index is 11.9. The molecule has 1 aromatic carbocycles. The van der Waals surface area contributed by atoms with Gasteiger partial charge in [0.1, 0.15) is 0 Å². The third-order valence-electron chi connectivity index (χ3n) is 4.23. The Morgan fingerprint density at radius 2 is 1.95 bits per heavy atom. The Labute approximate surface area is 126 Å². The van der Waals surface area contributed by atoms with Crippen molar-refractivity contribution in [2.45, 2.75) is 32.1 Å². The number of carbonyl (C=O) groups excluding carboxylic acids is 1. The molecule has 20 heavy (non-hydrogen) atoms. The van der Waals surface area contributed by atoms with Crippen molar-refractivity contribution in [3.63, 3.8) is 0 Å². The predicted molar refractivity (Wildman–Crippen MR) is 83.4 cm³/mol. The van der Waals surface area contributed by atoms with Crippen LogP contribution < -0.4 is 10.6 Å². The molecule has 0 atom stereocenters. The SMILES string of the molecule is Cl.O=C(Cc1ccc2c(c1)CCCC2)NCC1CNC1. The Morgan fingerprint density at radius 3 is 2.65 bits per heavy atom. The van der Waals surface area contributed by atoms with Crippen LogP contribution in [0.4, 0.5) is 0 Å². The van der Waals surface area contributed by atoms with Gasteiger partial charge in [-0.2, -0.15) is 0 Å². The minimum Gasteiger partial charge on any atom is -0.355 e. The Kier molecular flexibility index (Phi) is 5.44. The van der Waals surface area contributed by atoms with Crippen molar-refractivity contribution in [1.29, 1.82) is 0 Å². The Morgan fingerprint density at radius 1 is 1.20 bits per heavy atom. The average Bonchev–Trinajstić information content (AvgIpc) is 2.37. The summed E-state index contributed by atoms with van der Waals surface area (Å²) in [5.74, 6) is 0.787. The fourth-order valence-electron chi connectivity index (χ4n) is 2.90. The van der Waals surface area contributed by atoms with Crippen molar-refractivity contribution in [2.75, 3.05) is 19.6 Å². The lowest BCUT2D eigenvalue weighted by atomic mass is 9.90. The van der Waals surface area contributed by atoms with Gasteiger partial charge in [-0.25, -0.2) is 0 Å². The lowest BCUT2D eigenvalue weighted by Crippen LogP contribution is -2.48. The largest absolute Gasteiger partial charge is 0.355 e. The summed E-state index contributed by atoms with van der Waals surface area (Å²) < 4.78 is 0. The summed E-state index contributed by atoms with van der Waals surface area (Å²) >= 11 is 0. The summed E-state index contributed by atoms with van der Waals surface area (Å²) in [5.41, 5.74) is 4.10. The lowest BCUT2D eigenvalue weighted by molar-refractivity contribution is -0.120. The van der Waals surface area contributed by atoms with Gasteiger partial charge in [0.2, 0.25) is 5.91 Å². The number of carbonyl (C=O) groups is 1. The molecule has 4 heteroatoms. The lowest BCUT2D eigenvalue weighted by Gasteiger charge is -2.27. The van der Waals surface area contributed by atoms with Crippen LogP contribution in [-0.4, -0.2) is 25.5 Å². The fraction of sp³-hybridized carbons (Fsp3) is 0.562. The highest BCUT2D eigenvalue weighted by atomic mass is 35.5. The summed E-state index contributed by atoms with van der Waals surface area (Å²) in [6.45, 7) is 2.90.